The van der Waals surface area contributed by atoms with E-state index in [0.29, 0.717) is 16.8 Å². The summed E-state index contributed by atoms with van der Waals surface area (Å²) in [7, 11) is 0. The molecule has 3 heteroatoms. The standard InChI is InChI=1S/C13H15ClFN/c14-10-3-4-12(11(15)7-10)16-13-6-8-1-2-9(13)5-8/h3-4,7-9,13,16H,1-2,5-6H2. The van der Waals surface area contributed by atoms with Crippen molar-refractivity contribution in [1.29, 1.82) is 0 Å². The molecule has 3 atom stereocenters. The Bertz CT molecular complexity index is 407. The maximum absolute atomic E-state index is 13.6. The molecule has 0 aliphatic heterocycles. The van der Waals surface area contributed by atoms with Gasteiger partial charge < -0.3 is 5.32 Å². The molecule has 1 aromatic carbocycles. The molecule has 0 aromatic heterocycles. The molecule has 2 bridgehead atoms. The van der Waals surface area contributed by atoms with Gasteiger partial charge in [0, 0.05) is 11.1 Å². The monoisotopic (exact) mass is 239 g/mol. The van der Waals surface area contributed by atoms with Crippen LogP contribution in [0.1, 0.15) is 25.7 Å². The summed E-state index contributed by atoms with van der Waals surface area (Å²) < 4.78 is 13.6. The van der Waals surface area contributed by atoms with Crippen LogP contribution < -0.4 is 5.32 Å². The van der Waals surface area contributed by atoms with Crippen molar-refractivity contribution in [2.24, 2.45) is 11.8 Å². The van der Waals surface area contributed by atoms with Crippen LogP contribution in [0.2, 0.25) is 5.02 Å². The van der Waals surface area contributed by atoms with Gasteiger partial charge >= 0.3 is 0 Å². The van der Waals surface area contributed by atoms with Crippen LogP contribution in [0.5, 0.6) is 0 Å². The first kappa shape index (κ1) is 10.4. The third-order valence-electron chi connectivity index (χ3n) is 4.01. The van der Waals surface area contributed by atoms with Crippen molar-refractivity contribution in [2.45, 2.75) is 31.7 Å². The lowest BCUT2D eigenvalue weighted by Gasteiger charge is -2.24. The molecule has 1 nitrogen and oxygen atoms in total. The van der Waals surface area contributed by atoms with Crippen molar-refractivity contribution in [3.8, 4) is 0 Å². The molecular weight excluding hydrogens is 225 g/mol. The first-order valence-electron chi connectivity index (χ1n) is 5.94. The van der Waals surface area contributed by atoms with Crippen LogP contribution in [0.3, 0.4) is 0 Å². The van der Waals surface area contributed by atoms with Gasteiger partial charge in [0.25, 0.3) is 0 Å². The largest absolute Gasteiger partial charge is 0.380 e. The van der Waals surface area contributed by atoms with Crippen LogP contribution in [0.25, 0.3) is 0 Å². The van der Waals surface area contributed by atoms with Crippen molar-refractivity contribution >= 4 is 17.3 Å². The number of nitrogens with one attached hydrogen (secondary N) is 1. The molecule has 3 unspecified atom stereocenters. The van der Waals surface area contributed by atoms with Gasteiger partial charge in [-0.15, -0.1) is 0 Å². The number of anilines is 1. The van der Waals surface area contributed by atoms with E-state index in [2.05, 4.69) is 5.32 Å². The molecule has 1 aromatic rings. The normalized spacial score (nSPS) is 32.0. The van der Waals surface area contributed by atoms with Crippen molar-refractivity contribution in [1.82, 2.24) is 0 Å². The van der Waals surface area contributed by atoms with E-state index in [4.69, 9.17) is 11.6 Å². The van der Waals surface area contributed by atoms with Crippen LogP contribution in [-0.2, 0) is 0 Å². The minimum atomic E-state index is -0.240. The first-order chi connectivity index (χ1) is 7.72. The van der Waals surface area contributed by atoms with Crippen LogP contribution in [-0.4, -0.2) is 6.04 Å². The number of hydrogen-bond acceptors (Lipinski definition) is 1. The highest BCUT2D eigenvalue weighted by molar-refractivity contribution is 6.30. The second-order valence-electron chi connectivity index (χ2n) is 5.05. The topological polar surface area (TPSA) is 12.0 Å². The summed E-state index contributed by atoms with van der Waals surface area (Å²) >= 11 is 5.73. The van der Waals surface area contributed by atoms with E-state index >= 15 is 0 Å². The molecule has 2 aliphatic rings. The Kier molecular flexibility index (Phi) is 2.55. The van der Waals surface area contributed by atoms with Gasteiger partial charge in [0.1, 0.15) is 5.82 Å². The zero-order chi connectivity index (χ0) is 11.1. The highest BCUT2D eigenvalue weighted by Crippen LogP contribution is 2.45. The maximum atomic E-state index is 13.6. The van der Waals surface area contributed by atoms with Gasteiger partial charge in [0.2, 0.25) is 0 Å². The van der Waals surface area contributed by atoms with E-state index in [-0.39, 0.29) is 5.82 Å². The smallest absolute Gasteiger partial charge is 0.147 e. The maximum Gasteiger partial charge on any atom is 0.147 e. The molecule has 0 spiro atoms. The molecule has 3 rings (SSSR count). The lowest BCUT2D eigenvalue weighted by Crippen LogP contribution is -2.26. The third kappa shape index (κ3) is 1.80. The van der Waals surface area contributed by atoms with Gasteiger partial charge in [0.15, 0.2) is 0 Å². The first-order valence-corrected chi connectivity index (χ1v) is 6.32. The summed E-state index contributed by atoms with van der Waals surface area (Å²) in [5.41, 5.74) is 0.599. The van der Waals surface area contributed by atoms with E-state index in [1.807, 2.05) is 0 Å². The van der Waals surface area contributed by atoms with Crippen LogP contribution in [0, 0.1) is 17.7 Å². The van der Waals surface area contributed by atoms with Gasteiger partial charge in [0.05, 0.1) is 5.69 Å². The van der Waals surface area contributed by atoms with Crippen LogP contribution in [0.15, 0.2) is 18.2 Å². The van der Waals surface area contributed by atoms with Crippen LogP contribution >= 0.6 is 11.6 Å². The lowest BCUT2D eigenvalue weighted by atomic mass is 9.95. The molecular formula is C13H15ClFN. The predicted octanol–water partition coefficient (Wildman–Crippen LogP) is 4.08. The Hall–Kier alpha value is -0.760. The quantitative estimate of drug-likeness (QED) is 0.820. The van der Waals surface area contributed by atoms with E-state index in [1.54, 1.807) is 12.1 Å². The van der Waals surface area contributed by atoms with Gasteiger partial charge in [-0.25, -0.2) is 4.39 Å². The summed E-state index contributed by atoms with van der Waals surface area (Å²) in [5.74, 6) is 1.38. The van der Waals surface area contributed by atoms with Crippen molar-refractivity contribution < 1.29 is 4.39 Å². The molecule has 2 fully saturated rings. The molecule has 0 radical (unpaired) electrons. The third-order valence-corrected chi connectivity index (χ3v) is 4.25. The highest BCUT2D eigenvalue weighted by atomic mass is 35.5. The molecule has 16 heavy (non-hydrogen) atoms. The molecule has 2 aliphatic carbocycles. The zero-order valence-electron chi connectivity index (χ0n) is 9.05. The zero-order valence-corrected chi connectivity index (χ0v) is 9.80. The van der Waals surface area contributed by atoms with Gasteiger partial charge in [-0.2, -0.15) is 0 Å². The number of halogens is 2. The second kappa shape index (κ2) is 3.92. The van der Waals surface area contributed by atoms with Crippen LogP contribution in [0.4, 0.5) is 10.1 Å². The van der Waals surface area contributed by atoms with Gasteiger partial charge in [-0.3, -0.25) is 0 Å². The van der Waals surface area contributed by atoms with Gasteiger partial charge in [-0.05, 0) is 49.3 Å². The molecule has 1 N–H and O–H groups in total. The fraction of sp³-hybridized carbons (Fsp3) is 0.538. The SMILES string of the molecule is Fc1cc(Cl)ccc1NC1CC2CCC1C2. The van der Waals surface area contributed by atoms with Crippen molar-refractivity contribution in [3.05, 3.63) is 29.0 Å². The molecule has 86 valence electrons. The van der Waals surface area contributed by atoms with Crippen molar-refractivity contribution in [3.63, 3.8) is 0 Å². The highest BCUT2D eigenvalue weighted by Gasteiger charge is 2.39. The Morgan fingerprint density at radius 1 is 1.25 bits per heavy atom. The summed E-state index contributed by atoms with van der Waals surface area (Å²) in [6, 6.07) is 5.32. The average Bonchev–Trinajstić information content (AvgIpc) is 2.84. The molecule has 2 saturated carbocycles. The number of hydrogen-bond donors (Lipinski definition) is 1. The Morgan fingerprint density at radius 2 is 2.12 bits per heavy atom. The second-order valence-corrected chi connectivity index (χ2v) is 5.49. The average molecular weight is 240 g/mol. The van der Waals surface area contributed by atoms with Gasteiger partial charge in [-0.1, -0.05) is 18.0 Å². The fourth-order valence-corrected chi connectivity index (χ4v) is 3.39. The molecule has 0 heterocycles. The predicted molar refractivity (Wildman–Crippen MR) is 64.3 cm³/mol. The van der Waals surface area contributed by atoms with E-state index < -0.39 is 0 Å². The summed E-state index contributed by atoms with van der Waals surface area (Å²) in [6.45, 7) is 0. The fourth-order valence-electron chi connectivity index (χ4n) is 3.23. The lowest BCUT2D eigenvalue weighted by molar-refractivity contribution is 0.438. The Labute approximate surface area is 100.0 Å². The summed E-state index contributed by atoms with van der Waals surface area (Å²) in [4.78, 5) is 0. The number of fused-ring (bicyclic) bond motifs is 2. The van der Waals surface area contributed by atoms with E-state index in [9.17, 15) is 4.39 Å². The minimum absolute atomic E-state index is 0.240. The molecule has 0 saturated heterocycles. The van der Waals surface area contributed by atoms with E-state index in [1.165, 1.54) is 31.7 Å². The minimum Gasteiger partial charge on any atom is -0.380 e. The number of benzene rings is 1. The van der Waals surface area contributed by atoms with E-state index in [0.717, 1.165) is 11.8 Å². The summed E-state index contributed by atoms with van der Waals surface area (Å²) in [5, 5.41) is 3.79. The Balaban J connectivity index is 1.74. The Morgan fingerprint density at radius 3 is 2.75 bits per heavy atom. The number of rotatable bonds is 2. The van der Waals surface area contributed by atoms with Crippen molar-refractivity contribution in [2.75, 3.05) is 5.32 Å². The summed E-state index contributed by atoms with van der Waals surface area (Å²) in [6.07, 6.45) is 5.20. The molecule has 0 amide bonds.